The van der Waals surface area contributed by atoms with Crippen molar-refractivity contribution in [1.82, 2.24) is 15.0 Å². The number of alkyl halides is 4. The Kier molecular flexibility index (Phi) is 20.0. The minimum absolute atomic E-state index is 0.0111. The molecule has 57 heavy (non-hydrogen) atoms. The first-order valence-electron chi connectivity index (χ1n) is 17.7. The number of amides is 1. The zero-order valence-electron chi connectivity index (χ0n) is 32.8. The van der Waals surface area contributed by atoms with Gasteiger partial charge in [-0.25, -0.2) is 0 Å². The second kappa shape index (κ2) is 23.6. The van der Waals surface area contributed by atoms with E-state index in [-0.39, 0.29) is 63.7 Å². The van der Waals surface area contributed by atoms with Gasteiger partial charge in [0.25, 0.3) is 0 Å². The summed E-state index contributed by atoms with van der Waals surface area (Å²) < 4.78 is 53.6. The van der Waals surface area contributed by atoms with E-state index in [1.807, 2.05) is 46.8 Å². The van der Waals surface area contributed by atoms with Crippen LogP contribution in [0, 0.1) is 17.0 Å². The van der Waals surface area contributed by atoms with Gasteiger partial charge in [0, 0.05) is 31.8 Å². The van der Waals surface area contributed by atoms with E-state index in [0.717, 1.165) is 48.0 Å². The predicted molar refractivity (Wildman–Crippen MR) is 219 cm³/mol. The number of aryl methyl sites for hydroxylation is 2. The van der Waals surface area contributed by atoms with Crippen LogP contribution in [-0.4, -0.2) is 70.6 Å². The Bertz CT molecular complexity index is 1930. The molecular weight excluding hydrogens is 814 g/mol. The van der Waals surface area contributed by atoms with Crippen LogP contribution >= 0.6 is 34.8 Å². The van der Waals surface area contributed by atoms with Gasteiger partial charge < -0.3 is 29.7 Å². The summed E-state index contributed by atoms with van der Waals surface area (Å²) in [5.41, 5.74) is 2.06. The highest BCUT2D eigenvalue weighted by Crippen LogP contribution is 2.38. The molecule has 1 heterocycles. The van der Waals surface area contributed by atoms with Gasteiger partial charge in [-0.1, -0.05) is 36.7 Å². The normalized spacial score (nSPS) is 11.4. The van der Waals surface area contributed by atoms with Crippen molar-refractivity contribution in [2.24, 2.45) is 0 Å². The van der Waals surface area contributed by atoms with E-state index in [1.165, 1.54) is 18.2 Å². The second-order valence-corrected chi connectivity index (χ2v) is 13.3. The number of rotatable bonds is 15. The topological polar surface area (TPSA) is 154 Å². The van der Waals surface area contributed by atoms with Crippen molar-refractivity contribution in [3.8, 4) is 17.2 Å². The van der Waals surface area contributed by atoms with Crippen LogP contribution in [0.5, 0.6) is 17.2 Å². The van der Waals surface area contributed by atoms with Gasteiger partial charge >= 0.3 is 11.9 Å². The fraction of sp³-hybridized carbons (Fsp3) is 0.421. The number of benzene rings is 3. The molecule has 0 aliphatic carbocycles. The van der Waals surface area contributed by atoms with E-state index in [9.17, 15) is 28.1 Å². The third-order valence-electron chi connectivity index (χ3n) is 7.45. The fourth-order valence-electron chi connectivity index (χ4n) is 5.10. The summed E-state index contributed by atoms with van der Waals surface area (Å²) in [5.74, 6) is 1.00. The van der Waals surface area contributed by atoms with E-state index in [1.54, 1.807) is 18.9 Å². The lowest BCUT2D eigenvalue weighted by molar-refractivity contribution is -0.385. The van der Waals surface area contributed by atoms with Gasteiger partial charge in [0.15, 0.2) is 0 Å². The summed E-state index contributed by atoms with van der Waals surface area (Å²) >= 11 is 17.3. The van der Waals surface area contributed by atoms with Gasteiger partial charge in [-0.15, -0.1) is 11.6 Å². The monoisotopic (exact) mass is 859 g/mol. The summed E-state index contributed by atoms with van der Waals surface area (Å²) in [4.78, 5) is 36.3. The number of halogens is 6. The molecule has 1 unspecified atom stereocenters. The molecule has 0 fully saturated rings. The number of nitro benzene ring substituents is 1. The molecule has 1 amide bonds. The molecule has 2 N–H and O–H groups in total. The Morgan fingerprint density at radius 1 is 0.982 bits per heavy atom. The summed E-state index contributed by atoms with van der Waals surface area (Å²) in [7, 11) is 1.64. The molecular formula is C38H47Cl3F3N7O6. The van der Waals surface area contributed by atoms with E-state index in [2.05, 4.69) is 38.6 Å². The van der Waals surface area contributed by atoms with Gasteiger partial charge in [-0.05, 0) is 95.0 Å². The summed E-state index contributed by atoms with van der Waals surface area (Å²) in [5, 5.41) is 16.9. The van der Waals surface area contributed by atoms with Crippen molar-refractivity contribution < 1.29 is 37.1 Å². The number of para-hydroxylation sites is 1. The molecule has 13 nitrogen and oxygen atoms in total. The first-order chi connectivity index (χ1) is 26.9. The number of anilines is 3. The Hall–Kier alpha value is -4.64. The summed E-state index contributed by atoms with van der Waals surface area (Å²) in [6.45, 7) is 15.1. The number of nitro groups is 1. The highest BCUT2D eigenvalue weighted by atomic mass is 35.5. The number of hydrogen-bond acceptors (Lipinski definition) is 11. The quantitative estimate of drug-likeness (QED) is 0.0667. The van der Waals surface area contributed by atoms with Gasteiger partial charge in [0.2, 0.25) is 28.8 Å². The molecule has 0 saturated carbocycles. The maximum absolute atomic E-state index is 12.6. The Morgan fingerprint density at radius 3 is 2.21 bits per heavy atom. The van der Waals surface area contributed by atoms with E-state index in [4.69, 9.17) is 49.0 Å². The lowest BCUT2D eigenvalue weighted by atomic mass is 10.0. The molecule has 4 rings (SSSR count). The van der Waals surface area contributed by atoms with Crippen LogP contribution in [0.4, 0.5) is 36.4 Å². The van der Waals surface area contributed by atoms with Crippen LogP contribution in [0.3, 0.4) is 0 Å². The average Bonchev–Trinajstić information content (AvgIpc) is 3.13. The van der Waals surface area contributed by atoms with Crippen molar-refractivity contribution in [2.75, 3.05) is 48.3 Å². The fourth-order valence-corrected chi connectivity index (χ4v) is 5.61. The highest BCUT2D eigenvalue weighted by Gasteiger charge is 2.31. The molecule has 0 radical (unpaired) electrons. The van der Waals surface area contributed by atoms with Gasteiger partial charge in [0.05, 0.1) is 40.5 Å². The first-order valence-corrected chi connectivity index (χ1v) is 19.0. The maximum Gasteiger partial charge on any atom is 0.416 e. The second-order valence-electron chi connectivity index (χ2n) is 12.3. The molecule has 1 atom stereocenters. The van der Waals surface area contributed by atoms with Crippen LogP contribution in [0.15, 0.2) is 54.6 Å². The van der Waals surface area contributed by atoms with Crippen LogP contribution < -0.4 is 25.0 Å². The van der Waals surface area contributed by atoms with Crippen LogP contribution in [0.2, 0.25) is 10.3 Å². The molecule has 0 bridgehead atoms. The zero-order valence-corrected chi connectivity index (χ0v) is 35.1. The molecule has 0 saturated heterocycles. The molecule has 4 aromatic rings. The lowest BCUT2D eigenvalue weighted by Gasteiger charge is -2.31. The Balaban J connectivity index is 0.000000306. The number of carbonyl (C=O) groups is 1. The summed E-state index contributed by atoms with van der Waals surface area (Å²) in [6, 6.07) is 12.7. The third kappa shape index (κ3) is 15.3. The molecule has 0 aliphatic heterocycles. The van der Waals surface area contributed by atoms with Crippen LogP contribution in [-0.2, 0) is 22.1 Å². The van der Waals surface area contributed by atoms with Crippen LogP contribution in [0.1, 0.15) is 58.2 Å². The highest BCUT2D eigenvalue weighted by molar-refractivity contribution is 6.32. The van der Waals surface area contributed by atoms with Crippen molar-refractivity contribution in [3.05, 3.63) is 91.7 Å². The van der Waals surface area contributed by atoms with Crippen molar-refractivity contribution >= 4 is 64.0 Å². The van der Waals surface area contributed by atoms with E-state index in [0.29, 0.717) is 18.5 Å². The smallest absolute Gasteiger partial charge is 0.416 e. The molecule has 0 spiro atoms. The molecule has 1 aromatic heterocycles. The number of hydrogen-bond donors (Lipinski definition) is 2. The zero-order chi connectivity index (χ0) is 42.9. The number of methoxy groups -OCH3 is 1. The van der Waals surface area contributed by atoms with Crippen molar-refractivity contribution in [3.63, 3.8) is 0 Å². The van der Waals surface area contributed by atoms with E-state index < -0.39 is 16.7 Å². The minimum atomic E-state index is -4.52. The largest absolute Gasteiger partial charge is 0.487 e. The van der Waals surface area contributed by atoms with Gasteiger partial charge in [0.1, 0.15) is 17.4 Å². The number of aromatic nitrogens is 3. The predicted octanol–water partition coefficient (Wildman–Crippen LogP) is 10.4. The molecule has 19 heteroatoms. The number of ether oxygens (including phenoxy) is 3. The third-order valence-corrected chi connectivity index (χ3v) is 8.14. The van der Waals surface area contributed by atoms with Gasteiger partial charge in [-0.2, -0.15) is 28.1 Å². The number of carbonyl (C=O) groups excluding carboxylic acids is 1. The molecule has 3 aromatic carbocycles. The number of nitrogens with one attached hydrogen (secondary N) is 2. The van der Waals surface area contributed by atoms with Crippen molar-refractivity contribution in [2.45, 2.75) is 73.1 Å². The standard InChI is InChI=1S/C15H11ClF3NO4.C15H22ClNO2.C8H14ClN5/c1-2-23-14-8-10(4-5-12(14)20(21)22)24-13-6-3-9(7-11(13)16)15(17,18)19;1-5-13-8-6-7-11(2)15(13)17(14(18)9-16)12(3)10-19-4;1-4-10-7-12-6(9)13-8(14-7)11-5(2)3/h3-8H,2H2,1H3;6-8,12H,5,9-10H2,1-4H3;5H,4H2,1-3H3,(H2,10,11,12,13,14). The summed E-state index contributed by atoms with van der Waals surface area (Å²) in [6.07, 6.45) is -3.64. The van der Waals surface area contributed by atoms with E-state index >= 15 is 0 Å². The number of nitrogens with zero attached hydrogens (tertiary/aromatic N) is 5. The molecule has 0 aliphatic rings. The lowest BCUT2D eigenvalue weighted by Crippen LogP contribution is -2.43. The Morgan fingerprint density at radius 2 is 1.67 bits per heavy atom. The minimum Gasteiger partial charge on any atom is -0.487 e. The molecule has 312 valence electrons. The average molecular weight is 861 g/mol. The maximum atomic E-state index is 12.6. The van der Waals surface area contributed by atoms with Gasteiger partial charge in [-0.3, -0.25) is 14.9 Å². The SMILES string of the molecule is CCNc1nc(Cl)nc(NC(C)C)n1.CCOc1cc(Oc2ccc(C(F)(F)F)cc2Cl)ccc1[N+](=O)[O-].CCc1cccc(C)c1N(C(=O)CCl)C(C)COC. The van der Waals surface area contributed by atoms with Crippen molar-refractivity contribution in [1.29, 1.82) is 0 Å². The Labute approximate surface area is 345 Å². The van der Waals surface area contributed by atoms with Crippen LogP contribution in [0.25, 0.3) is 0 Å². The first kappa shape index (κ1) is 48.5.